The molecule has 0 aliphatic carbocycles. The molecule has 2 aromatic heterocycles. The van der Waals surface area contributed by atoms with Crippen molar-refractivity contribution in [3.8, 4) is 0 Å². The first kappa shape index (κ1) is 10.4. The number of hydrogen-bond acceptors (Lipinski definition) is 3. The number of thiophene rings is 1. The summed E-state index contributed by atoms with van der Waals surface area (Å²) in [6, 6.07) is 1.79. The first-order valence-electron chi connectivity index (χ1n) is 4.37. The van der Waals surface area contributed by atoms with E-state index in [1.807, 2.05) is 5.38 Å². The molecule has 0 saturated carbocycles. The van der Waals surface area contributed by atoms with Gasteiger partial charge in [-0.25, -0.2) is 4.98 Å². The summed E-state index contributed by atoms with van der Waals surface area (Å²) in [6.07, 6.45) is 1.54. The summed E-state index contributed by atoms with van der Waals surface area (Å²) >= 11 is 7.08. The van der Waals surface area contributed by atoms with Gasteiger partial charge in [0.1, 0.15) is 4.83 Å². The Balaban J connectivity index is 2.48. The maximum Gasteiger partial charge on any atom is 0.262 e. The Morgan fingerprint density at radius 3 is 3.20 bits per heavy atom. The van der Waals surface area contributed by atoms with E-state index in [2.05, 4.69) is 11.6 Å². The van der Waals surface area contributed by atoms with E-state index in [9.17, 15) is 4.79 Å². The van der Waals surface area contributed by atoms with Crippen molar-refractivity contribution >= 4 is 33.2 Å². The Hall–Kier alpha value is -1.13. The quantitative estimate of drug-likeness (QED) is 0.609. The van der Waals surface area contributed by atoms with Crippen molar-refractivity contribution < 1.29 is 0 Å². The number of hydrogen-bond donors (Lipinski definition) is 0. The molecule has 0 aliphatic rings. The number of aromatic nitrogens is 2. The van der Waals surface area contributed by atoms with Crippen LogP contribution in [-0.4, -0.2) is 15.4 Å². The second kappa shape index (κ2) is 4.16. The Bertz CT molecular complexity index is 558. The van der Waals surface area contributed by atoms with Crippen LogP contribution in [0, 0.1) is 0 Å². The number of nitrogens with zero attached hydrogens (tertiary/aromatic N) is 2. The van der Waals surface area contributed by atoms with Crippen LogP contribution in [0.15, 0.2) is 34.7 Å². The zero-order valence-corrected chi connectivity index (χ0v) is 9.51. The lowest BCUT2D eigenvalue weighted by molar-refractivity contribution is 0.740. The molecular weight excluding hydrogens is 232 g/mol. The molecule has 0 aromatic carbocycles. The summed E-state index contributed by atoms with van der Waals surface area (Å²) < 4.78 is 1.53. The molecule has 0 N–H and O–H groups in total. The first-order chi connectivity index (χ1) is 7.22. The first-order valence-corrected chi connectivity index (χ1v) is 5.79. The van der Waals surface area contributed by atoms with E-state index in [0.717, 1.165) is 10.4 Å². The highest BCUT2D eigenvalue weighted by Crippen LogP contribution is 2.13. The van der Waals surface area contributed by atoms with Gasteiger partial charge in [0.05, 0.1) is 11.7 Å². The minimum atomic E-state index is -0.0347. The normalized spacial score (nSPS) is 10.7. The van der Waals surface area contributed by atoms with E-state index in [-0.39, 0.29) is 5.56 Å². The third-order valence-corrected chi connectivity index (χ3v) is 3.23. The standard InChI is InChI=1S/C10H9ClN2OS/c1-7(4-11)5-13-6-12-9-8(10(13)14)2-3-15-9/h2-3,6H,1,4-5H2. The van der Waals surface area contributed by atoms with Gasteiger partial charge in [-0.15, -0.1) is 22.9 Å². The lowest BCUT2D eigenvalue weighted by Gasteiger charge is -2.04. The zero-order valence-electron chi connectivity index (χ0n) is 7.94. The average Bonchev–Trinajstić information content (AvgIpc) is 2.70. The molecule has 2 aromatic rings. The lowest BCUT2D eigenvalue weighted by atomic mass is 10.3. The molecule has 0 aliphatic heterocycles. The fourth-order valence-corrected chi connectivity index (χ4v) is 2.10. The number of halogens is 1. The second-order valence-corrected chi connectivity index (χ2v) is 4.36. The molecular formula is C10H9ClN2OS. The fraction of sp³-hybridized carbons (Fsp3) is 0.200. The van der Waals surface area contributed by atoms with Crippen molar-refractivity contribution in [2.45, 2.75) is 6.54 Å². The predicted octanol–water partition coefficient (Wildman–Crippen LogP) is 2.25. The van der Waals surface area contributed by atoms with Gasteiger partial charge in [0.2, 0.25) is 0 Å². The van der Waals surface area contributed by atoms with Crippen LogP contribution < -0.4 is 5.56 Å². The van der Waals surface area contributed by atoms with Gasteiger partial charge >= 0.3 is 0 Å². The van der Waals surface area contributed by atoms with E-state index < -0.39 is 0 Å². The average molecular weight is 241 g/mol. The van der Waals surface area contributed by atoms with Crippen LogP contribution in [0.2, 0.25) is 0 Å². The van der Waals surface area contributed by atoms with Crippen LogP contribution in [0.1, 0.15) is 0 Å². The van der Waals surface area contributed by atoms with Gasteiger partial charge in [-0.2, -0.15) is 0 Å². The number of fused-ring (bicyclic) bond motifs is 1. The van der Waals surface area contributed by atoms with Gasteiger partial charge in [-0.3, -0.25) is 9.36 Å². The van der Waals surface area contributed by atoms with E-state index >= 15 is 0 Å². The molecule has 0 radical (unpaired) electrons. The SMILES string of the molecule is C=C(CCl)Cn1cnc2sccc2c1=O. The van der Waals surface area contributed by atoms with Gasteiger partial charge in [-0.05, 0) is 17.0 Å². The number of rotatable bonds is 3. The van der Waals surface area contributed by atoms with Crippen LogP contribution in [-0.2, 0) is 6.54 Å². The maximum atomic E-state index is 11.9. The highest BCUT2D eigenvalue weighted by molar-refractivity contribution is 7.16. The topological polar surface area (TPSA) is 34.9 Å². The van der Waals surface area contributed by atoms with Gasteiger partial charge in [0, 0.05) is 12.4 Å². The van der Waals surface area contributed by atoms with E-state index in [1.54, 1.807) is 12.4 Å². The van der Waals surface area contributed by atoms with E-state index in [0.29, 0.717) is 17.8 Å². The fourth-order valence-electron chi connectivity index (χ4n) is 1.29. The molecule has 0 saturated heterocycles. The van der Waals surface area contributed by atoms with Crippen LogP contribution >= 0.6 is 22.9 Å². The summed E-state index contributed by atoms with van der Waals surface area (Å²) in [7, 11) is 0. The monoisotopic (exact) mass is 240 g/mol. The third-order valence-electron chi connectivity index (χ3n) is 2.03. The van der Waals surface area contributed by atoms with Crippen molar-refractivity contribution in [1.82, 2.24) is 9.55 Å². The molecule has 0 bridgehead atoms. The summed E-state index contributed by atoms with van der Waals surface area (Å²) in [4.78, 5) is 16.8. The van der Waals surface area contributed by atoms with Gasteiger partial charge in [-0.1, -0.05) is 6.58 Å². The summed E-state index contributed by atoms with van der Waals surface area (Å²) in [5, 5.41) is 2.52. The van der Waals surface area contributed by atoms with E-state index in [1.165, 1.54) is 15.9 Å². The molecule has 0 atom stereocenters. The van der Waals surface area contributed by atoms with E-state index in [4.69, 9.17) is 11.6 Å². The van der Waals surface area contributed by atoms with Crippen molar-refractivity contribution in [2.75, 3.05) is 5.88 Å². The summed E-state index contributed by atoms with van der Waals surface area (Å²) in [6.45, 7) is 4.19. The van der Waals surface area contributed by atoms with Crippen molar-refractivity contribution in [2.24, 2.45) is 0 Å². The van der Waals surface area contributed by atoms with Gasteiger partial charge < -0.3 is 0 Å². The highest BCUT2D eigenvalue weighted by atomic mass is 35.5. The Labute approximate surface area is 95.6 Å². The molecule has 0 spiro atoms. The minimum Gasteiger partial charge on any atom is -0.294 e. The number of alkyl halides is 1. The Morgan fingerprint density at radius 2 is 2.47 bits per heavy atom. The summed E-state index contributed by atoms with van der Waals surface area (Å²) in [5.41, 5.74) is 0.766. The lowest BCUT2D eigenvalue weighted by Crippen LogP contribution is -2.20. The van der Waals surface area contributed by atoms with Crippen molar-refractivity contribution in [3.63, 3.8) is 0 Å². The Kier molecular flexibility index (Phi) is 2.88. The minimum absolute atomic E-state index is 0.0347. The third kappa shape index (κ3) is 1.96. The predicted molar refractivity (Wildman–Crippen MR) is 63.7 cm³/mol. The largest absolute Gasteiger partial charge is 0.294 e. The zero-order chi connectivity index (χ0) is 10.8. The van der Waals surface area contributed by atoms with Crippen molar-refractivity contribution in [3.05, 3.63) is 40.3 Å². The summed E-state index contributed by atoms with van der Waals surface area (Å²) in [5.74, 6) is 0.355. The number of allylic oxidation sites excluding steroid dienone is 1. The molecule has 0 amide bonds. The molecule has 78 valence electrons. The molecule has 2 rings (SSSR count). The molecule has 5 heteroatoms. The molecule has 2 heterocycles. The van der Waals surface area contributed by atoms with Crippen LogP contribution in [0.4, 0.5) is 0 Å². The molecule has 0 unspecified atom stereocenters. The highest BCUT2D eigenvalue weighted by Gasteiger charge is 2.05. The van der Waals surface area contributed by atoms with Crippen LogP contribution in [0.3, 0.4) is 0 Å². The van der Waals surface area contributed by atoms with Crippen LogP contribution in [0.25, 0.3) is 10.2 Å². The second-order valence-electron chi connectivity index (χ2n) is 3.20. The molecule has 3 nitrogen and oxygen atoms in total. The van der Waals surface area contributed by atoms with Gasteiger partial charge in [0.15, 0.2) is 0 Å². The van der Waals surface area contributed by atoms with Gasteiger partial charge in [0.25, 0.3) is 5.56 Å². The Morgan fingerprint density at radius 1 is 1.67 bits per heavy atom. The smallest absolute Gasteiger partial charge is 0.262 e. The van der Waals surface area contributed by atoms with Crippen LogP contribution in [0.5, 0.6) is 0 Å². The molecule has 0 fully saturated rings. The maximum absolute atomic E-state index is 11.9. The van der Waals surface area contributed by atoms with Crippen molar-refractivity contribution in [1.29, 1.82) is 0 Å². The molecule has 15 heavy (non-hydrogen) atoms.